The average molecular weight is 505 g/mol. The second-order valence-corrected chi connectivity index (χ2v) is 11.8. The number of amides is 1. The van der Waals surface area contributed by atoms with E-state index >= 15 is 0 Å². The first kappa shape index (κ1) is 24.9. The smallest absolute Gasteiger partial charge is 0.232 e. The molecule has 1 heterocycles. The summed E-state index contributed by atoms with van der Waals surface area (Å²) in [5.74, 6) is 0.782. The van der Waals surface area contributed by atoms with Crippen molar-refractivity contribution < 1.29 is 17.9 Å². The molecule has 2 aliphatic rings. The fourth-order valence-corrected chi connectivity index (χ4v) is 6.42. The lowest BCUT2D eigenvalue weighted by Gasteiger charge is -2.44. The molecule has 1 amide bonds. The average Bonchev–Trinajstić information content (AvgIpc) is 2.79. The largest absolute Gasteiger partial charge is 0.487 e. The third-order valence-electron chi connectivity index (χ3n) is 6.97. The van der Waals surface area contributed by atoms with Crippen molar-refractivity contribution in [3.63, 3.8) is 0 Å². The van der Waals surface area contributed by atoms with Gasteiger partial charge in [0.1, 0.15) is 11.4 Å². The molecule has 1 aliphatic carbocycles. The summed E-state index contributed by atoms with van der Waals surface area (Å²) in [6.45, 7) is 2.01. The Balaban J connectivity index is 1.42. The molecule has 1 aliphatic heterocycles. The number of para-hydroxylation sites is 1. The minimum atomic E-state index is -3.51. The van der Waals surface area contributed by atoms with Gasteiger partial charge >= 0.3 is 0 Å². The Bertz CT molecular complexity index is 1150. The van der Waals surface area contributed by atoms with Crippen LogP contribution in [0.4, 0.5) is 5.69 Å². The van der Waals surface area contributed by atoms with Gasteiger partial charge in [0.2, 0.25) is 15.9 Å². The molecular weight excluding hydrogens is 472 g/mol. The normalized spacial score (nSPS) is 19.2. The molecule has 2 aromatic rings. The van der Waals surface area contributed by atoms with Gasteiger partial charge in [0, 0.05) is 30.0 Å². The predicted molar refractivity (Wildman–Crippen MR) is 136 cm³/mol. The highest BCUT2D eigenvalue weighted by Gasteiger charge is 2.42. The summed E-state index contributed by atoms with van der Waals surface area (Å²) in [4.78, 5) is 12.9. The van der Waals surface area contributed by atoms with Crippen LogP contribution in [0.2, 0.25) is 5.02 Å². The summed E-state index contributed by atoms with van der Waals surface area (Å²) in [6, 6.07) is 13.1. The van der Waals surface area contributed by atoms with Crippen molar-refractivity contribution in [2.24, 2.45) is 0 Å². The maximum absolute atomic E-state index is 12.9. The van der Waals surface area contributed by atoms with E-state index in [2.05, 4.69) is 5.32 Å². The van der Waals surface area contributed by atoms with Gasteiger partial charge in [-0.1, -0.05) is 42.3 Å². The minimum absolute atomic E-state index is 0.0797. The predicted octanol–water partition coefficient (Wildman–Crippen LogP) is 5.54. The minimum Gasteiger partial charge on any atom is -0.487 e. The van der Waals surface area contributed by atoms with Gasteiger partial charge in [-0.25, -0.2) is 8.42 Å². The van der Waals surface area contributed by atoms with E-state index in [0.29, 0.717) is 22.7 Å². The number of ether oxygens (including phenoxy) is 1. The summed E-state index contributed by atoms with van der Waals surface area (Å²) in [5.41, 5.74) is 2.06. The van der Waals surface area contributed by atoms with E-state index in [0.717, 1.165) is 43.4 Å². The molecule has 8 heteroatoms. The highest BCUT2D eigenvalue weighted by molar-refractivity contribution is 7.92. The molecular formula is C26H33ClN2O4S. The Morgan fingerprint density at radius 1 is 1.15 bits per heavy atom. The first-order valence-corrected chi connectivity index (χ1v) is 14.2. The summed E-state index contributed by atoms with van der Waals surface area (Å²) in [6.07, 6.45) is 8.13. The molecule has 0 radical (unpaired) electrons. The van der Waals surface area contributed by atoms with Crippen molar-refractivity contribution in [3.8, 4) is 5.75 Å². The second-order valence-electron chi connectivity index (χ2n) is 9.53. The third-order valence-corrected chi connectivity index (χ3v) is 8.56. The Morgan fingerprint density at radius 2 is 1.88 bits per heavy atom. The van der Waals surface area contributed by atoms with Crippen molar-refractivity contribution in [2.45, 2.75) is 69.9 Å². The monoisotopic (exact) mass is 504 g/mol. The van der Waals surface area contributed by atoms with Crippen LogP contribution in [0.5, 0.6) is 5.75 Å². The van der Waals surface area contributed by atoms with Crippen LogP contribution in [0.15, 0.2) is 42.5 Å². The van der Waals surface area contributed by atoms with Crippen LogP contribution >= 0.6 is 11.6 Å². The number of fused-ring (bicyclic) bond motifs is 1. The molecule has 1 unspecified atom stereocenters. The standard InChI is InChI=1S/C26H33ClN2O4S/c1-19-21(27)11-8-12-23(19)29(34(2,31)32)17-9-14-25(30)28-22-18-26(15-6-3-7-16-26)33-24-13-5-4-10-20(22)24/h4-5,8,10-13,22H,3,6-7,9,14-18H2,1-2H3,(H,28,30). The summed E-state index contributed by atoms with van der Waals surface area (Å²) < 4.78 is 32.7. The number of sulfonamides is 1. The highest BCUT2D eigenvalue weighted by atomic mass is 35.5. The van der Waals surface area contributed by atoms with Gasteiger partial charge in [-0.3, -0.25) is 9.10 Å². The molecule has 1 fully saturated rings. The molecule has 34 heavy (non-hydrogen) atoms. The Morgan fingerprint density at radius 3 is 2.62 bits per heavy atom. The molecule has 1 N–H and O–H groups in total. The number of hydrogen-bond acceptors (Lipinski definition) is 4. The zero-order valence-electron chi connectivity index (χ0n) is 19.8. The van der Waals surface area contributed by atoms with E-state index in [1.54, 1.807) is 25.1 Å². The van der Waals surface area contributed by atoms with Crippen molar-refractivity contribution in [1.82, 2.24) is 5.32 Å². The number of carbonyl (C=O) groups is 1. The molecule has 4 rings (SSSR count). The van der Waals surface area contributed by atoms with Crippen LogP contribution in [0.1, 0.15) is 68.5 Å². The SMILES string of the molecule is Cc1c(Cl)cccc1N(CCCC(=O)NC1CC2(CCCCC2)Oc2ccccc21)S(C)(=O)=O. The molecule has 1 spiro atoms. The van der Waals surface area contributed by atoms with Gasteiger partial charge in [-0.2, -0.15) is 0 Å². The topological polar surface area (TPSA) is 75.7 Å². The second kappa shape index (κ2) is 10.2. The molecule has 6 nitrogen and oxygen atoms in total. The van der Waals surface area contributed by atoms with Crippen LogP contribution < -0.4 is 14.4 Å². The number of hydrogen-bond donors (Lipinski definition) is 1. The summed E-state index contributed by atoms with van der Waals surface area (Å²) in [5, 5.41) is 3.72. The molecule has 184 valence electrons. The Hall–Kier alpha value is -2.25. The van der Waals surface area contributed by atoms with Crippen LogP contribution in [-0.4, -0.2) is 32.7 Å². The van der Waals surface area contributed by atoms with Crippen molar-refractivity contribution in [2.75, 3.05) is 17.1 Å². The summed E-state index contributed by atoms with van der Waals surface area (Å²) in [7, 11) is -3.51. The molecule has 1 saturated carbocycles. The van der Waals surface area contributed by atoms with E-state index < -0.39 is 10.0 Å². The Labute approximate surface area is 207 Å². The lowest BCUT2D eigenvalue weighted by Crippen LogP contribution is -2.46. The van der Waals surface area contributed by atoms with E-state index in [-0.39, 0.29) is 30.5 Å². The molecule has 0 aromatic heterocycles. The first-order chi connectivity index (χ1) is 16.2. The highest BCUT2D eigenvalue weighted by Crippen LogP contribution is 2.46. The third kappa shape index (κ3) is 5.52. The number of anilines is 1. The first-order valence-electron chi connectivity index (χ1n) is 12.0. The maximum atomic E-state index is 12.9. The van der Waals surface area contributed by atoms with Gasteiger partial charge in [0.15, 0.2) is 0 Å². The fraction of sp³-hybridized carbons (Fsp3) is 0.500. The summed E-state index contributed by atoms with van der Waals surface area (Å²) >= 11 is 6.21. The van der Waals surface area contributed by atoms with E-state index in [4.69, 9.17) is 16.3 Å². The van der Waals surface area contributed by atoms with Gasteiger partial charge in [-0.05, 0) is 62.8 Å². The van der Waals surface area contributed by atoms with Crippen LogP contribution in [0.3, 0.4) is 0 Å². The van der Waals surface area contributed by atoms with Crippen LogP contribution in [0, 0.1) is 6.92 Å². The fourth-order valence-electron chi connectivity index (χ4n) is 5.23. The zero-order chi connectivity index (χ0) is 24.3. The number of benzene rings is 2. The van der Waals surface area contributed by atoms with Gasteiger partial charge in [0.05, 0.1) is 18.0 Å². The molecule has 2 aromatic carbocycles. The van der Waals surface area contributed by atoms with Gasteiger partial charge < -0.3 is 10.1 Å². The Kier molecular flexibility index (Phi) is 7.43. The molecule has 1 atom stereocenters. The van der Waals surface area contributed by atoms with E-state index in [1.165, 1.54) is 17.0 Å². The zero-order valence-corrected chi connectivity index (χ0v) is 21.4. The van der Waals surface area contributed by atoms with Crippen molar-refractivity contribution >= 4 is 33.2 Å². The number of carbonyl (C=O) groups excluding carboxylic acids is 1. The van der Waals surface area contributed by atoms with E-state index in [1.807, 2.05) is 24.3 Å². The molecule has 0 bridgehead atoms. The quantitative estimate of drug-likeness (QED) is 0.537. The number of nitrogens with one attached hydrogen (secondary N) is 1. The van der Waals surface area contributed by atoms with Crippen LogP contribution in [0.25, 0.3) is 0 Å². The number of nitrogens with zero attached hydrogens (tertiary/aromatic N) is 1. The van der Waals surface area contributed by atoms with Gasteiger partial charge in [-0.15, -0.1) is 0 Å². The van der Waals surface area contributed by atoms with E-state index in [9.17, 15) is 13.2 Å². The maximum Gasteiger partial charge on any atom is 0.232 e. The lowest BCUT2D eigenvalue weighted by atomic mass is 9.77. The molecule has 0 saturated heterocycles. The lowest BCUT2D eigenvalue weighted by molar-refractivity contribution is -0.122. The number of halogens is 1. The van der Waals surface area contributed by atoms with Crippen molar-refractivity contribution in [3.05, 3.63) is 58.6 Å². The van der Waals surface area contributed by atoms with Gasteiger partial charge in [0.25, 0.3) is 0 Å². The van der Waals surface area contributed by atoms with Crippen LogP contribution in [-0.2, 0) is 14.8 Å². The number of rotatable bonds is 7. The van der Waals surface area contributed by atoms with Crippen molar-refractivity contribution in [1.29, 1.82) is 0 Å².